The van der Waals surface area contributed by atoms with Crippen LogP contribution in [0.15, 0.2) is 59.6 Å². The van der Waals surface area contributed by atoms with Crippen LogP contribution < -0.4 is 33.6 Å². The summed E-state index contributed by atoms with van der Waals surface area (Å²) in [6, 6.07) is 10.8. The fourth-order valence-electron chi connectivity index (χ4n) is 4.80. The average molecular weight is 565 g/mol. The van der Waals surface area contributed by atoms with Crippen LogP contribution in [0.5, 0.6) is 0 Å². The van der Waals surface area contributed by atoms with Crippen molar-refractivity contribution in [2.75, 3.05) is 19.6 Å². The van der Waals surface area contributed by atoms with Crippen LogP contribution in [0.25, 0.3) is 10.8 Å². The largest absolute Gasteiger partial charge is 0.370 e. The number of amides is 4. The minimum atomic E-state index is -0.962. The molecule has 1 aliphatic heterocycles. The zero-order valence-corrected chi connectivity index (χ0v) is 23.1. The summed E-state index contributed by atoms with van der Waals surface area (Å²) in [6.45, 7) is 0.985. The number of unbranched alkanes of at least 4 members (excludes halogenated alkanes) is 1. The van der Waals surface area contributed by atoms with Gasteiger partial charge in [-0.15, -0.1) is 0 Å². The van der Waals surface area contributed by atoms with E-state index < -0.39 is 35.8 Å². The van der Waals surface area contributed by atoms with E-state index in [2.05, 4.69) is 15.6 Å². The molecule has 220 valence electrons. The van der Waals surface area contributed by atoms with Crippen LogP contribution in [-0.4, -0.2) is 72.2 Å². The highest BCUT2D eigenvalue weighted by molar-refractivity contribution is 5.96. The van der Waals surface area contributed by atoms with Gasteiger partial charge in [-0.2, -0.15) is 0 Å². The number of benzene rings is 2. The lowest BCUT2D eigenvalue weighted by molar-refractivity contribution is -0.138. The van der Waals surface area contributed by atoms with Crippen LogP contribution in [0.1, 0.15) is 37.7 Å². The second-order valence-corrected chi connectivity index (χ2v) is 9.99. The molecule has 1 heterocycles. The molecule has 0 bridgehead atoms. The molecule has 0 unspecified atom stereocenters. The number of nitrogens with zero attached hydrogens (tertiary/aromatic N) is 2. The van der Waals surface area contributed by atoms with Gasteiger partial charge in [0.25, 0.3) is 0 Å². The van der Waals surface area contributed by atoms with Gasteiger partial charge in [-0.1, -0.05) is 54.6 Å². The molecule has 2 aromatic carbocycles. The summed E-state index contributed by atoms with van der Waals surface area (Å²) in [5.41, 5.74) is 22.6. The minimum absolute atomic E-state index is 0.0713. The Morgan fingerprint density at radius 2 is 1.66 bits per heavy atom. The third-order valence-corrected chi connectivity index (χ3v) is 6.95. The number of nitrogens with one attached hydrogen (secondary N) is 2. The standard InChI is InChI=1S/C29H40N8O4/c30-15-4-3-12-23(27(40)35-22(26(31)39)13-6-16-34-29(32)33)36-28(41)24-14-7-17-37(24)25(38)18-20-10-5-9-19-8-1-2-11-21(19)20/h1-2,5,7-11,14,22-24H,3-4,6,12-13,15-18,30H2,(H2,31,39)(H,35,40)(H,36,41)(H4,32,33,34)/t22-,23-,24-/m0/s1. The summed E-state index contributed by atoms with van der Waals surface area (Å²) >= 11 is 0. The Balaban J connectivity index is 1.67. The first-order chi connectivity index (χ1) is 19.7. The van der Waals surface area contributed by atoms with Crippen molar-refractivity contribution in [3.63, 3.8) is 0 Å². The van der Waals surface area contributed by atoms with Gasteiger partial charge in [0, 0.05) is 13.1 Å². The van der Waals surface area contributed by atoms with E-state index >= 15 is 0 Å². The highest BCUT2D eigenvalue weighted by atomic mass is 16.2. The fraction of sp³-hybridized carbons (Fsp3) is 0.414. The molecule has 3 rings (SSSR count). The van der Waals surface area contributed by atoms with E-state index in [4.69, 9.17) is 22.9 Å². The smallest absolute Gasteiger partial charge is 0.247 e. The van der Waals surface area contributed by atoms with E-state index in [-0.39, 0.29) is 37.8 Å². The van der Waals surface area contributed by atoms with Crippen molar-refractivity contribution in [2.24, 2.45) is 27.9 Å². The fourth-order valence-corrected chi connectivity index (χ4v) is 4.80. The van der Waals surface area contributed by atoms with Gasteiger partial charge in [-0.25, -0.2) is 0 Å². The number of aliphatic imine (C=N–C) groups is 1. The first kappa shape index (κ1) is 31.1. The maximum atomic E-state index is 13.4. The maximum absolute atomic E-state index is 13.4. The zero-order chi connectivity index (χ0) is 29.8. The second kappa shape index (κ2) is 15.4. The van der Waals surface area contributed by atoms with Crippen molar-refractivity contribution < 1.29 is 19.2 Å². The monoisotopic (exact) mass is 564 g/mol. The Kier molecular flexibility index (Phi) is 11.6. The maximum Gasteiger partial charge on any atom is 0.247 e. The van der Waals surface area contributed by atoms with Crippen LogP contribution in [0.4, 0.5) is 0 Å². The van der Waals surface area contributed by atoms with Crippen LogP contribution >= 0.6 is 0 Å². The Hall–Kier alpha value is -4.45. The van der Waals surface area contributed by atoms with Gasteiger partial charge in [-0.05, 0) is 55.0 Å². The van der Waals surface area contributed by atoms with E-state index in [1.54, 1.807) is 12.2 Å². The predicted molar refractivity (Wildman–Crippen MR) is 158 cm³/mol. The minimum Gasteiger partial charge on any atom is -0.370 e. The van der Waals surface area contributed by atoms with E-state index in [9.17, 15) is 19.2 Å². The Morgan fingerprint density at radius 1 is 0.927 bits per heavy atom. The molecule has 0 saturated carbocycles. The number of carbonyl (C=O) groups is 4. The van der Waals surface area contributed by atoms with Crippen LogP contribution in [0, 0.1) is 0 Å². The number of guanidine groups is 1. The molecule has 12 nitrogen and oxygen atoms in total. The number of fused-ring (bicyclic) bond motifs is 1. The lowest BCUT2D eigenvalue weighted by Crippen LogP contribution is -2.56. The van der Waals surface area contributed by atoms with E-state index in [1.165, 1.54) is 4.90 Å². The number of rotatable bonds is 15. The summed E-state index contributed by atoms with van der Waals surface area (Å²) < 4.78 is 0. The van der Waals surface area contributed by atoms with Crippen molar-refractivity contribution in [2.45, 2.75) is 56.7 Å². The molecule has 1 aliphatic rings. The number of hydrogen-bond acceptors (Lipinski definition) is 6. The van der Waals surface area contributed by atoms with E-state index in [0.717, 1.165) is 16.3 Å². The normalized spacial score (nSPS) is 15.7. The number of nitrogens with two attached hydrogens (primary N) is 4. The molecule has 4 amide bonds. The highest BCUT2D eigenvalue weighted by Crippen LogP contribution is 2.21. The van der Waals surface area contributed by atoms with Gasteiger partial charge in [0.15, 0.2) is 5.96 Å². The van der Waals surface area contributed by atoms with Gasteiger partial charge in [-0.3, -0.25) is 24.2 Å². The average Bonchev–Trinajstić information content (AvgIpc) is 3.44. The quantitative estimate of drug-likeness (QED) is 0.0740. The van der Waals surface area contributed by atoms with E-state index in [0.29, 0.717) is 32.2 Å². The van der Waals surface area contributed by atoms with Gasteiger partial charge < -0.3 is 38.5 Å². The third-order valence-electron chi connectivity index (χ3n) is 6.95. The molecular weight excluding hydrogens is 524 g/mol. The number of hydrogen-bond donors (Lipinski definition) is 6. The lowest BCUT2D eigenvalue weighted by atomic mass is 10.0. The van der Waals surface area contributed by atoms with Crippen LogP contribution in [0.3, 0.4) is 0 Å². The topological polar surface area (TPSA) is 212 Å². The molecule has 41 heavy (non-hydrogen) atoms. The summed E-state index contributed by atoms with van der Waals surface area (Å²) in [6.07, 6.45) is 5.71. The Morgan fingerprint density at radius 3 is 2.39 bits per heavy atom. The molecule has 0 saturated heterocycles. The number of primary amides is 1. The van der Waals surface area contributed by atoms with Crippen LogP contribution in [0.2, 0.25) is 0 Å². The van der Waals surface area contributed by atoms with Gasteiger partial charge in [0.1, 0.15) is 18.1 Å². The summed E-state index contributed by atoms with van der Waals surface area (Å²) in [4.78, 5) is 57.2. The molecule has 3 atom stereocenters. The van der Waals surface area contributed by atoms with Gasteiger partial charge in [0.05, 0.1) is 6.42 Å². The Bertz CT molecular complexity index is 1290. The molecule has 10 N–H and O–H groups in total. The summed E-state index contributed by atoms with van der Waals surface area (Å²) in [5.74, 6) is -2.01. The molecule has 12 heteroatoms. The second-order valence-electron chi connectivity index (χ2n) is 9.99. The Labute approximate surface area is 239 Å². The zero-order valence-electron chi connectivity index (χ0n) is 23.1. The van der Waals surface area contributed by atoms with Gasteiger partial charge >= 0.3 is 0 Å². The molecule has 0 aliphatic carbocycles. The predicted octanol–water partition coefficient (Wildman–Crippen LogP) is -0.213. The molecule has 0 aromatic heterocycles. The van der Waals surface area contributed by atoms with Crippen molar-refractivity contribution >= 4 is 40.4 Å². The van der Waals surface area contributed by atoms with E-state index in [1.807, 2.05) is 42.5 Å². The third kappa shape index (κ3) is 9.04. The number of carbonyl (C=O) groups excluding carboxylic acids is 4. The van der Waals surface area contributed by atoms with Crippen molar-refractivity contribution in [1.29, 1.82) is 0 Å². The molecule has 0 spiro atoms. The molecular formula is C29H40N8O4. The summed E-state index contributed by atoms with van der Waals surface area (Å²) in [7, 11) is 0. The van der Waals surface area contributed by atoms with Crippen molar-refractivity contribution in [3.05, 3.63) is 60.2 Å². The SMILES string of the molecule is NCCCC[C@H](NC(=O)[C@@H]1C=CCN1C(=O)Cc1cccc2ccccc12)C(=O)N[C@@H](CCCN=C(N)N)C(N)=O. The summed E-state index contributed by atoms with van der Waals surface area (Å²) in [5, 5.41) is 7.43. The van der Waals surface area contributed by atoms with Crippen LogP contribution in [-0.2, 0) is 25.6 Å². The first-order valence-corrected chi connectivity index (χ1v) is 13.8. The first-order valence-electron chi connectivity index (χ1n) is 13.8. The molecule has 0 fully saturated rings. The highest BCUT2D eigenvalue weighted by Gasteiger charge is 2.33. The lowest BCUT2D eigenvalue weighted by Gasteiger charge is -2.27. The van der Waals surface area contributed by atoms with Crippen molar-refractivity contribution in [3.8, 4) is 0 Å². The van der Waals surface area contributed by atoms with Gasteiger partial charge in [0.2, 0.25) is 23.6 Å². The van der Waals surface area contributed by atoms with Crippen molar-refractivity contribution in [1.82, 2.24) is 15.5 Å². The molecule has 2 aromatic rings. The molecule has 0 radical (unpaired) electrons.